The SMILES string of the molecule is O=C1Oc2ccccc2C(=O)C1C1C=C(c2ccc(-c3ccc(Br)cc3)cc2)CCC1. The van der Waals surface area contributed by atoms with E-state index in [9.17, 15) is 9.59 Å². The smallest absolute Gasteiger partial charge is 0.322 e. The zero-order valence-electron chi connectivity index (χ0n) is 16.9. The first kappa shape index (κ1) is 20.0. The first-order valence-electron chi connectivity index (χ1n) is 10.5. The van der Waals surface area contributed by atoms with Gasteiger partial charge in [-0.1, -0.05) is 70.5 Å². The number of rotatable bonds is 3. The maximum Gasteiger partial charge on any atom is 0.322 e. The second-order valence-corrected chi connectivity index (χ2v) is 9.01. The standard InChI is InChI=1S/C27H21BrO3/c28-22-14-12-18(13-15-22)17-8-10-19(11-9-17)20-4-3-5-21(16-20)25-26(29)23-6-1-2-7-24(23)31-27(25)30/h1-2,6-16,21,25H,3-5H2. The lowest BCUT2D eigenvalue weighted by atomic mass is 9.76. The van der Waals surface area contributed by atoms with E-state index in [0.29, 0.717) is 11.3 Å². The van der Waals surface area contributed by atoms with Gasteiger partial charge in [-0.2, -0.15) is 0 Å². The number of ether oxygens (including phenoxy) is 1. The van der Waals surface area contributed by atoms with Crippen LogP contribution in [0, 0.1) is 11.8 Å². The van der Waals surface area contributed by atoms with Crippen molar-refractivity contribution in [1.82, 2.24) is 0 Å². The Bertz CT molecular complexity index is 1180. The first-order chi connectivity index (χ1) is 15.1. The Balaban J connectivity index is 1.41. The Morgan fingerprint density at radius 1 is 0.806 bits per heavy atom. The molecule has 0 N–H and O–H groups in total. The number of fused-ring (bicyclic) bond motifs is 1. The average Bonchev–Trinajstić information content (AvgIpc) is 2.80. The Morgan fingerprint density at radius 2 is 1.45 bits per heavy atom. The molecule has 5 rings (SSSR count). The summed E-state index contributed by atoms with van der Waals surface area (Å²) < 4.78 is 6.55. The molecule has 2 unspecified atom stereocenters. The number of esters is 1. The number of hydrogen-bond donors (Lipinski definition) is 0. The normalized spacial score (nSPS) is 20.6. The van der Waals surface area contributed by atoms with Crippen LogP contribution in [0.5, 0.6) is 5.75 Å². The Hall–Kier alpha value is -2.98. The molecule has 2 atom stereocenters. The number of ketones is 1. The molecule has 3 nitrogen and oxygen atoms in total. The number of allylic oxidation sites excluding steroid dienone is 2. The zero-order chi connectivity index (χ0) is 21.4. The van der Waals surface area contributed by atoms with E-state index >= 15 is 0 Å². The summed E-state index contributed by atoms with van der Waals surface area (Å²) in [5.41, 5.74) is 5.17. The molecule has 1 heterocycles. The molecule has 0 radical (unpaired) electrons. The van der Waals surface area contributed by atoms with Crippen LogP contribution in [-0.4, -0.2) is 11.8 Å². The molecule has 3 aromatic carbocycles. The molecule has 3 aromatic rings. The van der Waals surface area contributed by atoms with Gasteiger partial charge in [0, 0.05) is 4.47 Å². The predicted molar refractivity (Wildman–Crippen MR) is 125 cm³/mol. The highest BCUT2D eigenvalue weighted by atomic mass is 79.9. The minimum Gasteiger partial charge on any atom is -0.425 e. The molecule has 0 spiro atoms. The summed E-state index contributed by atoms with van der Waals surface area (Å²) in [7, 11) is 0. The quantitative estimate of drug-likeness (QED) is 0.241. The van der Waals surface area contributed by atoms with Gasteiger partial charge in [0.1, 0.15) is 11.7 Å². The van der Waals surface area contributed by atoms with Crippen LogP contribution in [-0.2, 0) is 4.79 Å². The Labute approximate surface area is 189 Å². The van der Waals surface area contributed by atoms with Crippen LogP contribution in [0.1, 0.15) is 35.2 Å². The first-order valence-corrected chi connectivity index (χ1v) is 11.3. The highest BCUT2D eigenvalue weighted by Crippen LogP contribution is 2.39. The fourth-order valence-electron chi connectivity index (χ4n) is 4.55. The van der Waals surface area contributed by atoms with Gasteiger partial charge in [0.15, 0.2) is 5.78 Å². The summed E-state index contributed by atoms with van der Waals surface area (Å²) in [6.07, 6.45) is 4.83. The van der Waals surface area contributed by atoms with Crippen molar-refractivity contribution in [3.8, 4) is 16.9 Å². The minimum atomic E-state index is -0.757. The molecule has 0 saturated carbocycles. The van der Waals surface area contributed by atoms with Crippen LogP contribution in [0.15, 0.2) is 83.3 Å². The van der Waals surface area contributed by atoms with Crippen molar-refractivity contribution >= 4 is 33.3 Å². The monoisotopic (exact) mass is 472 g/mol. The van der Waals surface area contributed by atoms with Crippen molar-refractivity contribution in [3.05, 3.63) is 94.5 Å². The van der Waals surface area contributed by atoms with Crippen LogP contribution in [0.25, 0.3) is 16.7 Å². The van der Waals surface area contributed by atoms with E-state index in [2.05, 4.69) is 58.4 Å². The second-order valence-electron chi connectivity index (χ2n) is 8.09. The molecule has 2 aliphatic rings. The molecule has 1 aliphatic carbocycles. The van der Waals surface area contributed by atoms with E-state index in [0.717, 1.165) is 34.9 Å². The van der Waals surface area contributed by atoms with Crippen LogP contribution in [0.3, 0.4) is 0 Å². The fourth-order valence-corrected chi connectivity index (χ4v) is 4.82. The molecule has 31 heavy (non-hydrogen) atoms. The highest BCUT2D eigenvalue weighted by molar-refractivity contribution is 9.10. The number of halogens is 1. The molecule has 0 amide bonds. The third kappa shape index (κ3) is 3.88. The fraction of sp³-hybridized carbons (Fsp3) is 0.185. The number of hydrogen-bond acceptors (Lipinski definition) is 3. The Kier molecular flexibility index (Phi) is 5.33. The van der Waals surface area contributed by atoms with Crippen molar-refractivity contribution < 1.29 is 14.3 Å². The summed E-state index contributed by atoms with van der Waals surface area (Å²) in [5.74, 6) is -1.08. The van der Waals surface area contributed by atoms with Crippen molar-refractivity contribution in [2.75, 3.05) is 0 Å². The molecule has 0 saturated heterocycles. The van der Waals surface area contributed by atoms with Gasteiger partial charge in [-0.15, -0.1) is 0 Å². The molecular weight excluding hydrogens is 452 g/mol. The third-order valence-corrected chi connectivity index (χ3v) is 6.69. The summed E-state index contributed by atoms with van der Waals surface area (Å²) in [5, 5.41) is 0. The van der Waals surface area contributed by atoms with E-state index in [1.54, 1.807) is 18.2 Å². The lowest BCUT2D eigenvalue weighted by molar-refractivity contribution is -0.139. The van der Waals surface area contributed by atoms with Crippen LogP contribution in [0.2, 0.25) is 0 Å². The Morgan fingerprint density at radius 3 is 2.19 bits per heavy atom. The van der Waals surface area contributed by atoms with Crippen LogP contribution in [0.4, 0.5) is 0 Å². The number of para-hydroxylation sites is 1. The van der Waals surface area contributed by atoms with Gasteiger partial charge in [0.05, 0.1) is 5.56 Å². The molecule has 0 fully saturated rings. The lowest BCUT2D eigenvalue weighted by Crippen LogP contribution is -2.38. The summed E-state index contributed by atoms with van der Waals surface area (Å²) >= 11 is 3.47. The van der Waals surface area contributed by atoms with Crippen LogP contribution < -0.4 is 4.74 Å². The largest absolute Gasteiger partial charge is 0.425 e. The number of carbonyl (C=O) groups is 2. The summed E-state index contributed by atoms with van der Waals surface area (Å²) in [6.45, 7) is 0. The number of Topliss-reactive ketones (excluding diaryl/α,β-unsaturated/α-hetero) is 1. The number of benzene rings is 3. The number of carbonyl (C=O) groups excluding carboxylic acids is 2. The van der Waals surface area contributed by atoms with Crippen molar-refractivity contribution in [1.29, 1.82) is 0 Å². The van der Waals surface area contributed by atoms with Crippen molar-refractivity contribution in [2.45, 2.75) is 19.3 Å². The highest BCUT2D eigenvalue weighted by Gasteiger charge is 2.41. The van der Waals surface area contributed by atoms with E-state index in [-0.39, 0.29) is 11.7 Å². The molecular formula is C27H21BrO3. The maximum atomic E-state index is 13.1. The zero-order valence-corrected chi connectivity index (χ0v) is 18.5. The van der Waals surface area contributed by atoms with Crippen molar-refractivity contribution in [2.24, 2.45) is 11.8 Å². The summed E-state index contributed by atoms with van der Waals surface area (Å²) in [4.78, 5) is 25.7. The molecule has 0 bridgehead atoms. The molecule has 4 heteroatoms. The molecule has 0 aromatic heterocycles. The van der Waals surface area contributed by atoms with Crippen LogP contribution >= 0.6 is 15.9 Å². The maximum absolute atomic E-state index is 13.1. The van der Waals surface area contributed by atoms with E-state index in [4.69, 9.17) is 4.74 Å². The van der Waals surface area contributed by atoms with Gasteiger partial charge < -0.3 is 4.74 Å². The summed E-state index contributed by atoms with van der Waals surface area (Å²) in [6, 6.07) is 23.8. The third-order valence-electron chi connectivity index (χ3n) is 6.16. The van der Waals surface area contributed by atoms with E-state index in [1.807, 2.05) is 18.2 Å². The van der Waals surface area contributed by atoms with Gasteiger partial charge in [-0.05, 0) is 71.7 Å². The molecule has 1 aliphatic heterocycles. The molecule has 154 valence electrons. The van der Waals surface area contributed by atoms with Gasteiger partial charge in [-0.25, -0.2) is 0 Å². The van der Waals surface area contributed by atoms with E-state index < -0.39 is 11.9 Å². The second kappa shape index (κ2) is 8.27. The van der Waals surface area contributed by atoms with Gasteiger partial charge in [0.25, 0.3) is 0 Å². The van der Waals surface area contributed by atoms with E-state index in [1.165, 1.54) is 11.1 Å². The lowest BCUT2D eigenvalue weighted by Gasteiger charge is -2.30. The average molecular weight is 473 g/mol. The van der Waals surface area contributed by atoms with Crippen molar-refractivity contribution in [3.63, 3.8) is 0 Å². The van der Waals surface area contributed by atoms with Gasteiger partial charge >= 0.3 is 5.97 Å². The topological polar surface area (TPSA) is 43.4 Å². The minimum absolute atomic E-state index is 0.125. The predicted octanol–water partition coefficient (Wildman–Crippen LogP) is 6.72. The van der Waals surface area contributed by atoms with Gasteiger partial charge in [-0.3, -0.25) is 9.59 Å². The van der Waals surface area contributed by atoms with Gasteiger partial charge in [0.2, 0.25) is 0 Å².